The summed E-state index contributed by atoms with van der Waals surface area (Å²) >= 11 is 2.17. The van der Waals surface area contributed by atoms with Gasteiger partial charge in [-0.25, -0.2) is 0 Å². The molecule has 0 aromatic carbocycles. The van der Waals surface area contributed by atoms with Gasteiger partial charge in [0.25, 0.3) is 0 Å². The fourth-order valence-corrected chi connectivity index (χ4v) is 2.94. The second kappa shape index (κ2) is 4.30. The summed E-state index contributed by atoms with van der Waals surface area (Å²) in [5.41, 5.74) is 0. The lowest BCUT2D eigenvalue weighted by Crippen LogP contribution is -2.38. The van der Waals surface area contributed by atoms with Crippen molar-refractivity contribution < 1.29 is 5.11 Å². The van der Waals surface area contributed by atoms with E-state index in [-0.39, 0.29) is 6.10 Å². The molecule has 2 heteroatoms. The van der Waals surface area contributed by atoms with E-state index in [0.29, 0.717) is 5.92 Å². The summed E-state index contributed by atoms with van der Waals surface area (Å²) in [5, 5.41) is 9.67. The molecule has 0 aliphatic heterocycles. The maximum Gasteiger partial charge on any atom is 0.0756 e. The fraction of sp³-hybridized carbons (Fsp3) is 0.818. The van der Waals surface area contributed by atoms with Gasteiger partial charge >= 0.3 is 0 Å². The Hall–Kier alpha value is 0.430. The van der Waals surface area contributed by atoms with Crippen molar-refractivity contribution in [2.24, 2.45) is 17.8 Å². The highest BCUT2D eigenvalue weighted by atomic mass is 127. The van der Waals surface area contributed by atoms with Gasteiger partial charge in [0.05, 0.1) is 6.10 Å². The minimum atomic E-state index is -0.173. The average Bonchev–Trinajstić information content (AvgIpc) is 1.91. The highest BCUT2D eigenvalue weighted by Gasteiger charge is 2.39. The van der Waals surface area contributed by atoms with E-state index < -0.39 is 0 Å². The molecule has 2 aliphatic carbocycles. The highest BCUT2D eigenvalue weighted by molar-refractivity contribution is 14.1. The van der Waals surface area contributed by atoms with Gasteiger partial charge in [-0.05, 0) is 40.8 Å². The number of hydrogen-bond donors (Lipinski definition) is 1. The average molecular weight is 292 g/mol. The molecule has 0 saturated heterocycles. The SMILES string of the molecule is OC(C=CI)C1CC(C2CCC2)C1. The predicted octanol–water partition coefficient (Wildman–Crippen LogP) is 3.12. The van der Waals surface area contributed by atoms with Crippen molar-refractivity contribution in [3.05, 3.63) is 10.2 Å². The Balaban J connectivity index is 1.71. The largest absolute Gasteiger partial charge is 0.389 e. The molecule has 2 fully saturated rings. The van der Waals surface area contributed by atoms with Gasteiger partial charge in [0.1, 0.15) is 0 Å². The van der Waals surface area contributed by atoms with Crippen molar-refractivity contribution in [1.29, 1.82) is 0 Å². The Labute approximate surface area is 93.7 Å². The van der Waals surface area contributed by atoms with Crippen LogP contribution in [0.3, 0.4) is 0 Å². The monoisotopic (exact) mass is 292 g/mol. The van der Waals surface area contributed by atoms with Crippen LogP contribution in [-0.4, -0.2) is 11.2 Å². The lowest BCUT2D eigenvalue weighted by molar-refractivity contribution is 0.0102. The maximum absolute atomic E-state index is 9.67. The Morgan fingerprint density at radius 3 is 2.38 bits per heavy atom. The molecule has 0 aromatic rings. The summed E-state index contributed by atoms with van der Waals surface area (Å²) in [6.07, 6.45) is 8.64. The first-order chi connectivity index (χ1) is 6.31. The first-order valence-electron chi connectivity index (χ1n) is 5.26. The highest BCUT2D eigenvalue weighted by Crippen LogP contribution is 2.47. The van der Waals surface area contributed by atoms with Crippen LogP contribution >= 0.6 is 22.6 Å². The van der Waals surface area contributed by atoms with Crippen LogP contribution in [0.4, 0.5) is 0 Å². The van der Waals surface area contributed by atoms with Gasteiger partial charge in [-0.3, -0.25) is 0 Å². The van der Waals surface area contributed by atoms with Crippen LogP contribution in [0.25, 0.3) is 0 Å². The lowest BCUT2D eigenvalue weighted by Gasteiger charge is -2.45. The van der Waals surface area contributed by atoms with E-state index in [9.17, 15) is 5.11 Å². The zero-order chi connectivity index (χ0) is 9.26. The van der Waals surface area contributed by atoms with Crippen molar-refractivity contribution in [1.82, 2.24) is 0 Å². The second-order valence-corrected chi connectivity index (χ2v) is 5.21. The van der Waals surface area contributed by atoms with E-state index in [1.165, 1.54) is 32.1 Å². The van der Waals surface area contributed by atoms with Crippen LogP contribution in [0.15, 0.2) is 10.2 Å². The van der Waals surface area contributed by atoms with Crippen LogP contribution < -0.4 is 0 Å². The molecule has 1 unspecified atom stereocenters. The molecule has 0 aromatic heterocycles. The third-order valence-corrected chi connectivity index (χ3v) is 4.20. The Morgan fingerprint density at radius 2 is 1.92 bits per heavy atom. The minimum Gasteiger partial charge on any atom is -0.389 e. The van der Waals surface area contributed by atoms with Gasteiger partial charge in [0.15, 0.2) is 0 Å². The zero-order valence-corrected chi connectivity index (χ0v) is 9.98. The smallest absolute Gasteiger partial charge is 0.0756 e. The number of aliphatic hydroxyl groups is 1. The Bertz CT molecular complexity index is 192. The number of aliphatic hydroxyl groups excluding tert-OH is 1. The number of hydrogen-bond acceptors (Lipinski definition) is 1. The molecular weight excluding hydrogens is 275 g/mol. The van der Waals surface area contributed by atoms with Crippen molar-refractivity contribution in [3.8, 4) is 0 Å². The topological polar surface area (TPSA) is 20.2 Å². The van der Waals surface area contributed by atoms with E-state index in [4.69, 9.17) is 0 Å². The van der Waals surface area contributed by atoms with E-state index in [0.717, 1.165) is 11.8 Å². The molecule has 0 bridgehead atoms. The predicted molar refractivity (Wildman–Crippen MR) is 62.7 cm³/mol. The Morgan fingerprint density at radius 1 is 1.23 bits per heavy atom. The van der Waals surface area contributed by atoms with Gasteiger partial charge in [-0.2, -0.15) is 0 Å². The van der Waals surface area contributed by atoms with Crippen LogP contribution in [-0.2, 0) is 0 Å². The summed E-state index contributed by atoms with van der Waals surface area (Å²) in [5.74, 6) is 2.54. The van der Waals surface area contributed by atoms with Crippen LogP contribution in [0.2, 0.25) is 0 Å². The molecule has 0 radical (unpaired) electrons. The van der Waals surface area contributed by atoms with E-state index in [1.807, 2.05) is 10.2 Å². The molecule has 13 heavy (non-hydrogen) atoms. The summed E-state index contributed by atoms with van der Waals surface area (Å²) in [6.45, 7) is 0. The van der Waals surface area contributed by atoms with Crippen molar-refractivity contribution in [3.63, 3.8) is 0 Å². The molecular formula is C11H17IO. The first-order valence-corrected chi connectivity index (χ1v) is 6.50. The van der Waals surface area contributed by atoms with Gasteiger partial charge in [0, 0.05) is 0 Å². The van der Waals surface area contributed by atoms with Crippen molar-refractivity contribution in [2.45, 2.75) is 38.2 Å². The van der Waals surface area contributed by atoms with Crippen molar-refractivity contribution in [2.75, 3.05) is 0 Å². The van der Waals surface area contributed by atoms with Gasteiger partial charge in [-0.15, -0.1) is 0 Å². The lowest BCUT2D eigenvalue weighted by atomic mass is 9.61. The third-order valence-electron chi connectivity index (χ3n) is 3.78. The quantitative estimate of drug-likeness (QED) is 0.792. The van der Waals surface area contributed by atoms with Gasteiger partial charge in [0.2, 0.25) is 0 Å². The molecule has 2 saturated carbocycles. The molecule has 0 amide bonds. The third kappa shape index (κ3) is 2.09. The Kier molecular flexibility index (Phi) is 3.30. The first kappa shape index (κ1) is 9.97. The van der Waals surface area contributed by atoms with Gasteiger partial charge < -0.3 is 5.11 Å². The summed E-state index contributed by atoms with van der Waals surface area (Å²) in [7, 11) is 0. The van der Waals surface area contributed by atoms with Crippen LogP contribution in [0.5, 0.6) is 0 Å². The molecule has 2 rings (SSSR count). The number of halogens is 1. The molecule has 1 atom stereocenters. The van der Waals surface area contributed by atoms with Crippen LogP contribution in [0.1, 0.15) is 32.1 Å². The maximum atomic E-state index is 9.67. The molecule has 74 valence electrons. The van der Waals surface area contributed by atoms with E-state index >= 15 is 0 Å². The van der Waals surface area contributed by atoms with E-state index in [1.54, 1.807) is 0 Å². The van der Waals surface area contributed by atoms with E-state index in [2.05, 4.69) is 22.6 Å². The summed E-state index contributed by atoms with van der Waals surface area (Å²) < 4.78 is 1.93. The zero-order valence-electron chi connectivity index (χ0n) is 7.82. The molecule has 0 spiro atoms. The second-order valence-electron chi connectivity index (χ2n) is 4.49. The molecule has 2 aliphatic rings. The fourth-order valence-electron chi connectivity index (χ4n) is 2.52. The standard InChI is InChI=1S/C11H17IO/c12-5-4-11(13)10-6-9(7-10)8-2-1-3-8/h4-5,8-11,13H,1-3,6-7H2. The van der Waals surface area contributed by atoms with Gasteiger partial charge in [-0.1, -0.05) is 41.9 Å². The van der Waals surface area contributed by atoms with Crippen LogP contribution in [0, 0.1) is 17.8 Å². The number of rotatable bonds is 3. The molecule has 1 N–H and O–H groups in total. The molecule has 1 nitrogen and oxygen atoms in total. The van der Waals surface area contributed by atoms with Crippen molar-refractivity contribution >= 4 is 22.6 Å². The normalized spacial score (nSPS) is 37.1. The minimum absolute atomic E-state index is 0.173. The summed E-state index contributed by atoms with van der Waals surface area (Å²) in [6, 6.07) is 0. The summed E-state index contributed by atoms with van der Waals surface area (Å²) in [4.78, 5) is 0. The molecule has 0 heterocycles.